The van der Waals surface area contributed by atoms with Gasteiger partial charge in [0.05, 0.1) is 0 Å². The van der Waals surface area contributed by atoms with E-state index >= 15 is 0 Å². The van der Waals surface area contributed by atoms with Crippen LogP contribution in [-0.4, -0.2) is 19.3 Å². The van der Waals surface area contributed by atoms with E-state index in [0.717, 1.165) is 38.9 Å². The first kappa shape index (κ1) is 11.7. The summed E-state index contributed by atoms with van der Waals surface area (Å²) in [6, 6.07) is 6.97. The van der Waals surface area contributed by atoms with Crippen LogP contribution >= 0.6 is 15.9 Å². The molecule has 1 unspecified atom stereocenters. The minimum absolute atomic E-state index is 0.173. The normalized spacial score (nSPS) is 26.8. The molecule has 1 aromatic rings. The first-order valence-corrected chi connectivity index (χ1v) is 7.14. The second-order valence-corrected chi connectivity index (χ2v) is 6.13. The van der Waals surface area contributed by atoms with Crippen LogP contribution in [0.1, 0.15) is 30.4 Å². The Morgan fingerprint density at radius 1 is 1.29 bits per heavy atom. The van der Waals surface area contributed by atoms with Gasteiger partial charge in [-0.15, -0.1) is 0 Å². The SMILES string of the molecule is NC1CCc2cc(Br)ccc2C12CCOCC2. The van der Waals surface area contributed by atoms with E-state index in [1.165, 1.54) is 15.6 Å². The summed E-state index contributed by atoms with van der Waals surface area (Å²) in [5.74, 6) is 0. The van der Waals surface area contributed by atoms with Crippen molar-refractivity contribution in [3.63, 3.8) is 0 Å². The van der Waals surface area contributed by atoms with Crippen molar-refractivity contribution < 1.29 is 4.74 Å². The van der Waals surface area contributed by atoms with E-state index in [4.69, 9.17) is 10.5 Å². The van der Waals surface area contributed by atoms with Gasteiger partial charge in [-0.25, -0.2) is 0 Å². The van der Waals surface area contributed by atoms with Crippen LogP contribution in [0, 0.1) is 0 Å². The summed E-state index contributed by atoms with van der Waals surface area (Å²) in [6.45, 7) is 1.70. The lowest BCUT2D eigenvalue weighted by molar-refractivity contribution is 0.0360. The van der Waals surface area contributed by atoms with E-state index in [-0.39, 0.29) is 5.41 Å². The lowest BCUT2D eigenvalue weighted by Gasteiger charge is -2.46. The van der Waals surface area contributed by atoms with Crippen molar-refractivity contribution in [2.24, 2.45) is 5.73 Å². The molecular formula is C14H18BrNO. The summed E-state index contributed by atoms with van der Waals surface area (Å²) in [7, 11) is 0. The van der Waals surface area contributed by atoms with Crippen LogP contribution in [0.3, 0.4) is 0 Å². The van der Waals surface area contributed by atoms with Crippen molar-refractivity contribution in [3.05, 3.63) is 33.8 Å². The summed E-state index contributed by atoms with van der Waals surface area (Å²) >= 11 is 3.56. The summed E-state index contributed by atoms with van der Waals surface area (Å²) in [6.07, 6.45) is 4.35. The van der Waals surface area contributed by atoms with Crippen LogP contribution in [0.2, 0.25) is 0 Å². The zero-order valence-corrected chi connectivity index (χ0v) is 11.5. The minimum Gasteiger partial charge on any atom is -0.381 e. The van der Waals surface area contributed by atoms with E-state index in [1.807, 2.05) is 0 Å². The third kappa shape index (κ3) is 1.85. The molecular weight excluding hydrogens is 278 g/mol. The molecule has 1 heterocycles. The molecule has 2 N–H and O–H groups in total. The van der Waals surface area contributed by atoms with Crippen LogP contribution in [-0.2, 0) is 16.6 Å². The molecule has 1 atom stereocenters. The number of benzene rings is 1. The molecule has 1 fully saturated rings. The summed E-state index contributed by atoms with van der Waals surface area (Å²) in [5, 5.41) is 0. The van der Waals surface area contributed by atoms with Crippen molar-refractivity contribution >= 4 is 15.9 Å². The smallest absolute Gasteiger partial charge is 0.0475 e. The molecule has 0 amide bonds. The monoisotopic (exact) mass is 295 g/mol. The van der Waals surface area contributed by atoms with E-state index in [9.17, 15) is 0 Å². The number of fused-ring (bicyclic) bond motifs is 2. The fraction of sp³-hybridized carbons (Fsp3) is 0.571. The fourth-order valence-corrected chi connectivity index (χ4v) is 3.83. The molecule has 1 saturated heterocycles. The van der Waals surface area contributed by atoms with E-state index in [0.29, 0.717) is 6.04 Å². The Kier molecular flexibility index (Phi) is 3.01. The highest BCUT2D eigenvalue weighted by atomic mass is 79.9. The van der Waals surface area contributed by atoms with Crippen molar-refractivity contribution in [2.45, 2.75) is 37.1 Å². The third-order valence-corrected chi connectivity index (χ3v) is 4.92. The quantitative estimate of drug-likeness (QED) is 0.799. The number of hydrogen-bond acceptors (Lipinski definition) is 2. The summed E-state index contributed by atoms with van der Waals surface area (Å²) in [5.41, 5.74) is 9.55. The number of nitrogens with two attached hydrogens (primary N) is 1. The molecule has 0 aromatic heterocycles. The van der Waals surface area contributed by atoms with Gasteiger partial charge in [0.25, 0.3) is 0 Å². The number of halogens is 1. The third-order valence-electron chi connectivity index (χ3n) is 4.42. The second-order valence-electron chi connectivity index (χ2n) is 5.22. The van der Waals surface area contributed by atoms with Gasteiger partial charge < -0.3 is 10.5 Å². The largest absolute Gasteiger partial charge is 0.381 e. The highest BCUT2D eigenvalue weighted by molar-refractivity contribution is 9.10. The Labute approximate surface area is 111 Å². The van der Waals surface area contributed by atoms with Gasteiger partial charge in [-0.1, -0.05) is 22.0 Å². The molecule has 1 aliphatic carbocycles. The van der Waals surface area contributed by atoms with Gasteiger partial charge in [0.1, 0.15) is 0 Å². The lowest BCUT2D eigenvalue weighted by atomic mass is 9.63. The predicted molar refractivity (Wildman–Crippen MR) is 72.2 cm³/mol. The van der Waals surface area contributed by atoms with E-state index < -0.39 is 0 Å². The maximum absolute atomic E-state index is 6.43. The molecule has 3 rings (SSSR count). The van der Waals surface area contributed by atoms with Gasteiger partial charge in [0.15, 0.2) is 0 Å². The molecule has 3 heteroatoms. The number of hydrogen-bond donors (Lipinski definition) is 1. The number of ether oxygens (including phenoxy) is 1. The van der Waals surface area contributed by atoms with Crippen molar-refractivity contribution in [1.82, 2.24) is 0 Å². The van der Waals surface area contributed by atoms with Gasteiger partial charge in [0.2, 0.25) is 0 Å². The van der Waals surface area contributed by atoms with Gasteiger partial charge in [-0.3, -0.25) is 0 Å². The standard InChI is InChI=1S/C14H18BrNO/c15-11-2-3-12-10(9-11)1-4-13(16)14(12)5-7-17-8-6-14/h2-3,9,13H,1,4-8,16H2. The van der Waals surface area contributed by atoms with Crippen LogP contribution < -0.4 is 5.73 Å². The average Bonchev–Trinajstić information content (AvgIpc) is 2.35. The van der Waals surface area contributed by atoms with Crippen molar-refractivity contribution in [2.75, 3.05) is 13.2 Å². The maximum Gasteiger partial charge on any atom is 0.0475 e. The molecule has 92 valence electrons. The minimum atomic E-state index is 0.173. The van der Waals surface area contributed by atoms with E-state index in [1.54, 1.807) is 0 Å². The molecule has 1 spiro atoms. The predicted octanol–water partition coefficient (Wildman–Crippen LogP) is 2.77. The van der Waals surface area contributed by atoms with Gasteiger partial charge in [-0.2, -0.15) is 0 Å². The van der Waals surface area contributed by atoms with Gasteiger partial charge >= 0.3 is 0 Å². The van der Waals surface area contributed by atoms with Crippen LogP contribution in [0.4, 0.5) is 0 Å². The first-order chi connectivity index (χ1) is 8.22. The molecule has 0 bridgehead atoms. The zero-order valence-electron chi connectivity index (χ0n) is 9.92. The molecule has 1 aliphatic heterocycles. The van der Waals surface area contributed by atoms with Gasteiger partial charge in [0, 0.05) is 29.1 Å². The number of rotatable bonds is 0. The topological polar surface area (TPSA) is 35.2 Å². The van der Waals surface area contributed by atoms with E-state index in [2.05, 4.69) is 34.1 Å². The lowest BCUT2D eigenvalue weighted by Crippen LogP contribution is -2.51. The molecule has 0 saturated carbocycles. The maximum atomic E-state index is 6.43. The van der Waals surface area contributed by atoms with Gasteiger partial charge in [-0.05, 0) is 48.9 Å². The highest BCUT2D eigenvalue weighted by Crippen LogP contribution is 2.44. The Morgan fingerprint density at radius 3 is 2.82 bits per heavy atom. The molecule has 2 aliphatic rings. The highest BCUT2D eigenvalue weighted by Gasteiger charge is 2.43. The fourth-order valence-electron chi connectivity index (χ4n) is 3.42. The van der Waals surface area contributed by atoms with Crippen molar-refractivity contribution in [1.29, 1.82) is 0 Å². The molecule has 1 aromatic carbocycles. The van der Waals surface area contributed by atoms with Crippen LogP contribution in [0.5, 0.6) is 0 Å². The first-order valence-electron chi connectivity index (χ1n) is 6.35. The Morgan fingerprint density at radius 2 is 2.06 bits per heavy atom. The molecule has 2 nitrogen and oxygen atoms in total. The van der Waals surface area contributed by atoms with Crippen LogP contribution in [0.25, 0.3) is 0 Å². The summed E-state index contributed by atoms with van der Waals surface area (Å²) in [4.78, 5) is 0. The molecule has 17 heavy (non-hydrogen) atoms. The molecule has 0 radical (unpaired) electrons. The Hall–Kier alpha value is -0.380. The Balaban J connectivity index is 2.09. The summed E-state index contributed by atoms with van der Waals surface area (Å²) < 4.78 is 6.69. The number of aryl methyl sites for hydroxylation is 1. The average molecular weight is 296 g/mol. The van der Waals surface area contributed by atoms with Crippen molar-refractivity contribution in [3.8, 4) is 0 Å². The second kappa shape index (κ2) is 4.38. The van der Waals surface area contributed by atoms with Crippen LogP contribution in [0.15, 0.2) is 22.7 Å². The zero-order chi connectivity index (χ0) is 11.9. The Bertz CT molecular complexity index is 426.